The van der Waals surface area contributed by atoms with Crippen LogP contribution in [-0.2, 0) is 9.36 Å². The first-order valence-corrected chi connectivity index (χ1v) is 9.96. The van der Waals surface area contributed by atoms with Gasteiger partial charge in [0, 0.05) is 30.7 Å². The zero-order valence-corrected chi connectivity index (χ0v) is 14.1. The van der Waals surface area contributed by atoms with Crippen LogP contribution in [0.4, 0.5) is 0 Å². The molecule has 3 aliphatic rings. The van der Waals surface area contributed by atoms with Crippen LogP contribution < -0.4 is 0 Å². The quantitative estimate of drug-likeness (QED) is 0.746. The number of hydrogen-bond donors (Lipinski definition) is 0. The summed E-state index contributed by atoms with van der Waals surface area (Å²) in [6.07, 6.45) is 10.3. The molecule has 0 N–H and O–H groups in total. The van der Waals surface area contributed by atoms with Crippen molar-refractivity contribution in [1.82, 2.24) is 9.34 Å². The van der Waals surface area contributed by atoms with Crippen molar-refractivity contribution in [2.75, 3.05) is 14.1 Å². The summed E-state index contributed by atoms with van der Waals surface area (Å²) in [6, 6.07) is 0.902. The van der Waals surface area contributed by atoms with Crippen molar-refractivity contribution in [2.45, 2.75) is 63.5 Å². The van der Waals surface area contributed by atoms with Crippen molar-refractivity contribution >= 4 is 13.2 Å². The largest absolute Gasteiger partial charge is 0.300 e. The van der Waals surface area contributed by atoms with Crippen LogP contribution in [0.15, 0.2) is 11.9 Å². The van der Waals surface area contributed by atoms with Crippen LogP contribution in [0.3, 0.4) is 0 Å². The summed E-state index contributed by atoms with van der Waals surface area (Å²) in [5.74, 6) is 2.82. The second-order valence-electron chi connectivity index (χ2n) is 6.92. The fourth-order valence-corrected chi connectivity index (χ4v) is 6.96. The van der Waals surface area contributed by atoms with Gasteiger partial charge in [-0.1, -0.05) is 18.9 Å². The predicted molar refractivity (Wildman–Crippen MR) is 85.3 cm³/mol. The molecule has 2 saturated carbocycles. The van der Waals surface area contributed by atoms with E-state index in [9.17, 15) is 9.36 Å². The van der Waals surface area contributed by atoms with E-state index in [1.807, 2.05) is 19.9 Å². The van der Waals surface area contributed by atoms with E-state index in [1.54, 1.807) is 0 Å². The molecule has 0 radical (unpaired) electrons. The van der Waals surface area contributed by atoms with Crippen LogP contribution in [0.5, 0.6) is 0 Å². The van der Waals surface area contributed by atoms with E-state index in [1.165, 1.54) is 25.7 Å². The Labute approximate surface area is 128 Å². The normalized spacial score (nSPS) is 37.4. The van der Waals surface area contributed by atoms with Gasteiger partial charge < -0.3 is 0 Å². The first-order valence-electron chi connectivity index (χ1n) is 8.28. The predicted octanol–water partition coefficient (Wildman–Crippen LogP) is 3.64. The van der Waals surface area contributed by atoms with Gasteiger partial charge in [-0.2, -0.15) is 0 Å². The van der Waals surface area contributed by atoms with Crippen LogP contribution >= 0.6 is 7.44 Å². The van der Waals surface area contributed by atoms with Crippen molar-refractivity contribution < 1.29 is 9.36 Å². The molecule has 0 unspecified atom stereocenters. The first kappa shape index (κ1) is 15.5. The molecule has 1 heterocycles. The molecule has 3 rings (SSSR count). The lowest BCUT2D eigenvalue weighted by molar-refractivity contribution is -0.117. The number of Topliss-reactive ketones (excluding diaryl/α,β-unsaturated/α-hetero) is 1. The van der Waals surface area contributed by atoms with E-state index in [0.717, 1.165) is 19.3 Å². The average molecular weight is 310 g/mol. The molecule has 0 aromatic heterocycles. The summed E-state index contributed by atoms with van der Waals surface area (Å²) in [5.41, 5.74) is 0. The van der Waals surface area contributed by atoms with Crippen molar-refractivity contribution in [3.63, 3.8) is 0 Å². The standard InChI is InChI=1S/C16H27N2O2P/c1-17-15-7-3-4-8-16(15)18(2)21(17,20)11-5-6-13-9-10-14(19)12-13/h5,11,13,15-16H,3-4,6-10,12H2,1-2H3/b11-5+/t13-,15-,16-/m1/s1. The van der Waals surface area contributed by atoms with Gasteiger partial charge in [0.1, 0.15) is 5.78 Å². The third-order valence-electron chi connectivity index (χ3n) is 5.67. The van der Waals surface area contributed by atoms with Crippen molar-refractivity contribution in [3.05, 3.63) is 11.9 Å². The summed E-state index contributed by atoms with van der Waals surface area (Å²) in [4.78, 5) is 11.3. The molecule has 0 aromatic carbocycles. The van der Waals surface area contributed by atoms with E-state index >= 15 is 0 Å². The number of rotatable bonds is 3. The molecule has 118 valence electrons. The summed E-state index contributed by atoms with van der Waals surface area (Å²) in [7, 11) is 1.52. The topological polar surface area (TPSA) is 40.6 Å². The van der Waals surface area contributed by atoms with Crippen LogP contribution in [-0.4, -0.2) is 41.3 Å². The fraction of sp³-hybridized carbons (Fsp3) is 0.812. The highest BCUT2D eigenvalue weighted by Crippen LogP contribution is 2.62. The Balaban J connectivity index is 1.68. The Morgan fingerprint density at radius 2 is 1.76 bits per heavy atom. The molecule has 3 atom stereocenters. The molecule has 1 aliphatic heterocycles. The van der Waals surface area contributed by atoms with E-state index in [-0.39, 0.29) is 0 Å². The smallest absolute Gasteiger partial charge is 0.238 e. The van der Waals surface area contributed by atoms with Crippen LogP contribution in [0.1, 0.15) is 51.4 Å². The molecule has 1 saturated heterocycles. The highest BCUT2D eigenvalue weighted by molar-refractivity contribution is 7.62. The van der Waals surface area contributed by atoms with Gasteiger partial charge in [0.15, 0.2) is 0 Å². The lowest BCUT2D eigenvalue weighted by atomic mass is 9.91. The number of fused-ring (bicyclic) bond motifs is 1. The highest BCUT2D eigenvalue weighted by atomic mass is 31.2. The lowest BCUT2D eigenvalue weighted by Crippen LogP contribution is -2.37. The maximum atomic E-state index is 13.4. The molecule has 0 spiro atoms. The molecule has 0 aromatic rings. The number of allylic oxidation sites excluding steroid dienone is 1. The monoisotopic (exact) mass is 310 g/mol. The highest BCUT2D eigenvalue weighted by Gasteiger charge is 2.50. The number of carbonyl (C=O) groups is 1. The second-order valence-corrected chi connectivity index (χ2v) is 9.66. The van der Waals surface area contributed by atoms with Gasteiger partial charge in [0.25, 0.3) is 0 Å². The van der Waals surface area contributed by atoms with E-state index in [4.69, 9.17) is 0 Å². The Morgan fingerprint density at radius 3 is 2.29 bits per heavy atom. The maximum absolute atomic E-state index is 13.4. The lowest BCUT2D eigenvalue weighted by Gasteiger charge is -2.28. The molecular formula is C16H27N2O2P. The number of likely N-dealkylation sites (N-methyl/N-ethyl adjacent to an activating group) is 2. The third kappa shape index (κ3) is 2.78. The van der Waals surface area contributed by atoms with E-state index < -0.39 is 7.44 Å². The SMILES string of the molecule is CN1[C@@H]2CCCC[C@H]2N(C)P1(=O)/C=C/C[C@@H]1CCC(=O)C1. The number of ketones is 1. The summed E-state index contributed by atoms with van der Waals surface area (Å²) in [6.45, 7) is 0. The molecule has 3 fully saturated rings. The second kappa shape index (κ2) is 5.98. The van der Waals surface area contributed by atoms with Gasteiger partial charge >= 0.3 is 0 Å². The van der Waals surface area contributed by atoms with Crippen LogP contribution in [0.25, 0.3) is 0 Å². The van der Waals surface area contributed by atoms with E-state index in [2.05, 4.69) is 15.4 Å². The van der Waals surface area contributed by atoms with Crippen LogP contribution in [0.2, 0.25) is 0 Å². The Morgan fingerprint density at radius 1 is 1.14 bits per heavy atom. The molecule has 0 amide bonds. The van der Waals surface area contributed by atoms with Gasteiger partial charge in [-0.25, -0.2) is 9.34 Å². The first-order chi connectivity index (χ1) is 10.0. The Kier molecular flexibility index (Phi) is 4.40. The van der Waals surface area contributed by atoms with Gasteiger partial charge in [0.2, 0.25) is 7.44 Å². The van der Waals surface area contributed by atoms with Crippen molar-refractivity contribution in [3.8, 4) is 0 Å². The van der Waals surface area contributed by atoms with Crippen molar-refractivity contribution in [2.24, 2.45) is 5.92 Å². The number of carbonyl (C=O) groups excluding carboxylic acids is 1. The summed E-state index contributed by atoms with van der Waals surface area (Å²) < 4.78 is 17.6. The number of nitrogens with zero attached hydrogens (tertiary/aromatic N) is 2. The van der Waals surface area contributed by atoms with Crippen molar-refractivity contribution in [1.29, 1.82) is 0 Å². The Hall–Kier alpha value is -0.440. The third-order valence-corrected chi connectivity index (χ3v) is 8.68. The zero-order valence-electron chi connectivity index (χ0n) is 13.2. The summed E-state index contributed by atoms with van der Waals surface area (Å²) >= 11 is 0. The minimum atomic E-state index is -2.53. The number of hydrogen-bond acceptors (Lipinski definition) is 2. The van der Waals surface area contributed by atoms with Gasteiger partial charge in [-0.15, -0.1) is 0 Å². The average Bonchev–Trinajstić information content (AvgIpc) is 2.97. The molecule has 21 heavy (non-hydrogen) atoms. The zero-order chi connectivity index (χ0) is 15.0. The van der Waals surface area contributed by atoms with Crippen LogP contribution in [0, 0.1) is 5.92 Å². The van der Waals surface area contributed by atoms with Gasteiger partial charge in [-0.05, 0) is 45.7 Å². The molecule has 5 heteroatoms. The minimum absolute atomic E-state index is 0.390. The molecule has 2 aliphatic carbocycles. The Bertz CT molecular complexity index is 469. The summed E-state index contributed by atoms with van der Waals surface area (Å²) in [5, 5.41) is 0. The molecule has 0 bridgehead atoms. The van der Waals surface area contributed by atoms with E-state index in [0.29, 0.717) is 30.2 Å². The van der Waals surface area contributed by atoms with Gasteiger partial charge in [0.05, 0.1) is 0 Å². The fourth-order valence-electron chi connectivity index (χ4n) is 4.30. The molecular weight excluding hydrogens is 283 g/mol. The maximum Gasteiger partial charge on any atom is 0.238 e. The molecule has 4 nitrogen and oxygen atoms in total. The van der Waals surface area contributed by atoms with Gasteiger partial charge in [-0.3, -0.25) is 9.36 Å². The minimum Gasteiger partial charge on any atom is -0.300 e.